The monoisotopic (exact) mass is 279 g/mol. The first-order valence-corrected chi connectivity index (χ1v) is 6.86. The summed E-state index contributed by atoms with van der Waals surface area (Å²) < 4.78 is 0. The molecule has 0 radical (unpaired) electrons. The molecule has 0 saturated carbocycles. The van der Waals surface area contributed by atoms with Crippen LogP contribution in [0.25, 0.3) is 0 Å². The number of aryl methyl sites for hydroxylation is 2. The molecule has 1 aliphatic heterocycles. The Kier molecular flexibility index (Phi) is 4.34. The number of nitrogens with two attached hydrogens (primary N) is 1. The zero-order chi connectivity index (χ0) is 14.0. The maximum Gasteiger partial charge on any atom is 0.151 e. The molecule has 3 N–H and O–H groups in total. The van der Waals surface area contributed by atoms with E-state index in [1.54, 1.807) is 0 Å². The number of piperazine rings is 1. The van der Waals surface area contributed by atoms with Gasteiger partial charge < -0.3 is 16.1 Å². The zero-order valence-corrected chi connectivity index (χ0v) is 12.5. The van der Waals surface area contributed by atoms with Crippen molar-refractivity contribution in [2.24, 2.45) is 5.73 Å². The molecule has 0 unspecified atom stereocenters. The van der Waals surface area contributed by atoms with Crippen LogP contribution >= 0.6 is 12.2 Å². The summed E-state index contributed by atoms with van der Waals surface area (Å²) in [5.41, 5.74) is 12.1. The molecule has 0 amide bonds. The first kappa shape index (κ1) is 14.2. The highest BCUT2D eigenvalue weighted by molar-refractivity contribution is 7.80. The van der Waals surface area contributed by atoms with Crippen LogP contribution in [0.15, 0.2) is 6.07 Å². The largest absolute Gasteiger partial charge is 0.389 e. The minimum Gasteiger partial charge on any atom is -0.389 e. The van der Waals surface area contributed by atoms with E-state index in [0.717, 1.165) is 48.8 Å². The minimum atomic E-state index is 0.390. The number of likely N-dealkylation sites (N-methyl/N-ethyl adjacent to an activating group) is 1. The number of nitrogens with one attached hydrogen (secondary N) is 1. The van der Waals surface area contributed by atoms with Crippen molar-refractivity contribution in [3.05, 3.63) is 22.9 Å². The van der Waals surface area contributed by atoms with Crippen LogP contribution < -0.4 is 11.2 Å². The van der Waals surface area contributed by atoms with Gasteiger partial charge in [-0.15, -0.1) is 0 Å². The van der Waals surface area contributed by atoms with Crippen molar-refractivity contribution in [3.63, 3.8) is 0 Å². The Labute approximate surface area is 119 Å². The third-order valence-corrected chi connectivity index (χ3v) is 3.56. The molecule has 0 spiro atoms. The molecule has 1 aliphatic rings. The van der Waals surface area contributed by atoms with Crippen LogP contribution in [-0.2, 0) is 0 Å². The molecule has 1 fully saturated rings. The van der Waals surface area contributed by atoms with Crippen LogP contribution in [0.2, 0.25) is 0 Å². The van der Waals surface area contributed by atoms with E-state index < -0.39 is 0 Å². The summed E-state index contributed by atoms with van der Waals surface area (Å²) in [6.45, 7) is 7.99. The van der Waals surface area contributed by atoms with Crippen LogP contribution in [0, 0.1) is 13.8 Å². The van der Waals surface area contributed by atoms with Crippen LogP contribution in [0.3, 0.4) is 0 Å². The fourth-order valence-electron chi connectivity index (χ4n) is 2.30. The highest BCUT2D eigenvalue weighted by atomic mass is 32.1. The lowest BCUT2D eigenvalue weighted by atomic mass is 10.1. The molecule has 1 saturated heterocycles. The maximum absolute atomic E-state index is 5.82. The molecule has 5 nitrogen and oxygen atoms in total. The number of aromatic nitrogens is 1. The van der Waals surface area contributed by atoms with E-state index in [1.165, 1.54) is 0 Å². The molecule has 0 aliphatic carbocycles. The Balaban J connectivity index is 2.21. The molecule has 6 heteroatoms. The molecule has 104 valence electrons. The van der Waals surface area contributed by atoms with E-state index in [0.29, 0.717) is 4.99 Å². The number of hydrogen-bond donors (Lipinski definition) is 2. The Morgan fingerprint density at radius 3 is 2.53 bits per heavy atom. The SMILES string of the molecule is Cc1cc(C)c(C(N)=S)c(NN2CCN(C)CC2)n1. The number of nitrogens with zero attached hydrogens (tertiary/aromatic N) is 3. The van der Waals surface area contributed by atoms with E-state index in [1.807, 2.05) is 19.9 Å². The van der Waals surface area contributed by atoms with Crippen LogP contribution in [-0.4, -0.2) is 53.1 Å². The van der Waals surface area contributed by atoms with Gasteiger partial charge in [0.15, 0.2) is 5.82 Å². The van der Waals surface area contributed by atoms with E-state index in [9.17, 15) is 0 Å². The summed E-state index contributed by atoms with van der Waals surface area (Å²) in [5.74, 6) is 0.773. The average molecular weight is 279 g/mol. The number of anilines is 1. The van der Waals surface area contributed by atoms with Gasteiger partial charge in [0, 0.05) is 31.9 Å². The summed E-state index contributed by atoms with van der Waals surface area (Å²) in [6, 6.07) is 2.00. The highest BCUT2D eigenvalue weighted by Crippen LogP contribution is 2.19. The van der Waals surface area contributed by atoms with Gasteiger partial charge in [-0.2, -0.15) is 0 Å². The van der Waals surface area contributed by atoms with Crippen molar-refractivity contribution >= 4 is 23.0 Å². The smallest absolute Gasteiger partial charge is 0.151 e. The van der Waals surface area contributed by atoms with Gasteiger partial charge in [0.05, 0.1) is 5.56 Å². The lowest BCUT2D eigenvalue weighted by molar-refractivity contribution is 0.178. The molecular formula is C13H21N5S. The number of thiocarbonyl (C=S) groups is 1. The molecular weight excluding hydrogens is 258 g/mol. The zero-order valence-electron chi connectivity index (χ0n) is 11.7. The van der Waals surface area contributed by atoms with E-state index in [4.69, 9.17) is 18.0 Å². The molecule has 1 aromatic heterocycles. The van der Waals surface area contributed by atoms with Crippen LogP contribution in [0.4, 0.5) is 5.82 Å². The standard InChI is InChI=1S/C13H21N5S/c1-9-8-10(2)15-13(11(9)12(14)19)16-18-6-4-17(3)5-7-18/h8H,4-7H2,1-3H3,(H2,14,19)(H,15,16). The molecule has 0 bridgehead atoms. The predicted molar refractivity (Wildman–Crippen MR) is 82.3 cm³/mol. The quantitative estimate of drug-likeness (QED) is 0.802. The van der Waals surface area contributed by atoms with Gasteiger partial charge in [-0.05, 0) is 32.5 Å². The number of hydrazine groups is 1. The van der Waals surface area contributed by atoms with Gasteiger partial charge in [0.1, 0.15) is 4.99 Å². The maximum atomic E-state index is 5.82. The summed E-state index contributed by atoms with van der Waals surface area (Å²) in [5, 5.41) is 2.17. The van der Waals surface area contributed by atoms with Gasteiger partial charge >= 0.3 is 0 Å². The highest BCUT2D eigenvalue weighted by Gasteiger charge is 2.17. The third kappa shape index (κ3) is 3.40. The fourth-order valence-corrected chi connectivity index (χ4v) is 2.55. The molecule has 1 aromatic rings. The second-order valence-electron chi connectivity index (χ2n) is 5.07. The molecule has 2 rings (SSSR count). The lowest BCUT2D eigenvalue weighted by Gasteiger charge is -2.33. The Bertz CT molecular complexity index is 480. The molecule has 19 heavy (non-hydrogen) atoms. The normalized spacial score (nSPS) is 17.4. The van der Waals surface area contributed by atoms with E-state index in [-0.39, 0.29) is 0 Å². The fraction of sp³-hybridized carbons (Fsp3) is 0.538. The molecule has 0 atom stereocenters. The topological polar surface area (TPSA) is 57.4 Å². The van der Waals surface area contributed by atoms with E-state index in [2.05, 4.69) is 27.4 Å². The predicted octanol–water partition coefficient (Wildman–Crippen LogP) is 0.907. The minimum absolute atomic E-state index is 0.390. The Morgan fingerprint density at radius 2 is 1.95 bits per heavy atom. The number of hydrogen-bond acceptors (Lipinski definition) is 5. The summed E-state index contributed by atoms with van der Waals surface area (Å²) in [6.07, 6.45) is 0. The first-order valence-electron chi connectivity index (χ1n) is 6.45. The lowest BCUT2D eigenvalue weighted by Crippen LogP contribution is -2.47. The number of pyridine rings is 1. The number of rotatable bonds is 3. The van der Waals surface area contributed by atoms with Crippen molar-refractivity contribution in [1.29, 1.82) is 0 Å². The Hall–Kier alpha value is -1.24. The van der Waals surface area contributed by atoms with Gasteiger partial charge in [0.2, 0.25) is 0 Å². The summed E-state index contributed by atoms with van der Waals surface area (Å²) in [7, 11) is 2.13. The Morgan fingerprint density at radius 1 is 1.32 bits per heavy atom. The van der Waals surface area contributed by atoms with Crippen molar-refractivity contribution in [2.75, 3.05) is 38.7 Å². The van der Waals surface area contributed by atoms with Crippen LogP contribution in [0.5, 0.6) is 0 Å². The van der Waals surface area contributed by atoms with Crippen molar-refractivity contribution < 1.29 is 0 Å². The summed E-state index contributed by atoms with van der Waals surface area (Å²) >= 11 is 5.14. The van der Waals surface area contributed by atoms with Crippen molar-refractivity contribution in [1.82, 2.24) is 14.9 Å². The van der Waals surface area contributed by atoms with Crippen LogP contribution in [0.1, 0.15) is 16.8 Å². The van der Waals surface area contributed by atoms with Crippen molar-refractivity contribution in [2.45, 2.75) is 13.8 Å². The second kappa shape index (κ2) is 5.81. The van der Waals surface area contributed by atoms with Gasteiger partial charge in [-0.3, -0.25) is 0 Å². The van der Waals surface area contributed by atoms with Gasteiger partial charge in [0.25, 0.3) is 0 Å². The summed E-state index contributed by atoms with van der Waals surface area (Å²) in [4.78, 5) is 7.23. The second-order valence-corrected chi connectivity index (χ2v) is 5.51. The molecule has 0 aromatic carbocycles. The van der Waals surface area contributed by atoms with E-state index >= 15 is 0 Å². The first-order chi connectivity index (χ1) is 8.97. The third-order valence-electron chi connectivity index (χ3n) is 3.36. The average Bonchev–Trinajstić information content (AvgIpc) is 2.30. The van der Waals surface area contributed by atoms with Gasteiger partial charge in [-0.1, -0.05) is 12.2 Å². The van der Waals surface area contributed by atoms with Gasteiger partial charge in [-0.25, -0.2) is 9.99 Å². The van der Waals surface area contributed by atoms with Crippen molar-refractivity contribution in [3.8, 4) is 0 Å². The molecule has 2 heterocycles.